The van der Waals surface area contributed by atoms with Gasteiger partial charge in [0.1, 0.15) is 5.82 Å². The van der Waals surface area contributed by atoms with Crippen LogP contribution in [0.5, 0.6) is 0 Å². The van der Waals surface area contributed by atoms with Crippen LogP contribution in [0.1, 0.15) is 29.7 Å². The summed E-state index contributed by atoms with van der Waals surface area (Å²) in [4.78, 5) is 7.36. The van der Waals surface area contributed by atoms with Gasteiger partial charge in [-0.15, -0.1) is 0 Å². The first-order valence-corrected chi connectivity index (χ1v) is 7.26. The summed E-state index contributed by atoms with van der Waals surface area (Å²) in [7, 11) is 0. The van der Waals surface area contributed by atoms with Gasteiger partial charge < -0.3 is 4.90 Å². The van der Waals surface area contributed by atoms with Crippen molar-refractivity contribution < 1.29 is 0 Å². The summed E-state index contributed by atoms with van der Waals surface area (Å²) in [5.41, 5.74) is 5.54. The number of aromatic nitrogens is 1. The summed E-state index contributed by atoms with van der Waals surface area (Å²) < 4.78 is 0. The van der Waals surface area contributed by atoms with E-state index in [0.29, 0.717) is 0 Å². The van der Waals surface area contributed by atoms with Crippen molar-refractivity contribution in [1.82, 2.24) is 4.98 Å². The molecule has 0 saturated heterocycles. The van der Waals surface area contributed by atoms with Crippen LogP contribution in [-0.2, 0) is 19.3 Å². The molecule has 0 amide bonds. The highest BCUT2D eigenvalue weighted by Crippen LogP contribution is 2.34. The number of fused-ring (bicyclic) bond motifs is 2. The SMILES string of the molecule is c1ccc(N2CCCc3cc4c(nc32)CCC4)cc1. The summed E-state index contributed by atoms with van der Waals surface area (Å²) in [5, 5.41) is 0. The molecule has 2 heteroatoms. The normalized spacial score (nSPS) is 17.2. The van der Waals surface area contributed by atoms with Crippen LogP contribution in [0.3, 0.4) is 0 Å². The second-order valence-electron chi connectivity index (χ2n) is 5.52. The Hall–Kier alpha value is -1.83. The van der Waals surface area contributed by atoms with Crippen LogP contribution < -0.4 is 4.90 Å². The Balaban J connectivity index is 1.82. The van der Waals surface area contributed by atoms with Crippen LogP contribution in [-0.4, -0.2) is 11.5 Å². The van der Waals surface area contributed by atoms with Gasteiger partial charge in [-0.1, -0.05) is 24.3 Å². The number of hydrogen-bond donors (Lipinski definition) is 0. The molecule has 0 N–H and O–H groups in total. The fourth-order valence-electron chi connectivity index (χ4n) is 3.32. The maximum atomic E-state index is 4.98. The van der Waals surface area contributed by atoms with Crippen LogP contribution in [0.15, 0.2) is 36.4 Å². The van der Waals surface area contributed by atoms with Gasteiger partial charge >= 0.3 is 0 Å². The minimum atomic E-state index is 1.09. The minimum absolute atomic E-state index is 1.09. The molecule has 0 unspecified atom stereocenters. The van der Waals surface area contributed by atoms with Crippen molar-refractivity contribution in [3.05, 3.63) is 53.2 Å². The Morgan fingerprint density at radius 3 is 2.63 bits per heavy atom. The Bertz CT molecular complexity index is 604. The molecule has 0 fully saturated rings. The molecule has 1 aliphatic carbocycles. The number of anilines is 2. The van der Waals surface area contributed by atoms with Crippen molar-refractivity contribution in [2.75, 3.05) is 11.4 Å². The highest BCUT2D eigenvalue weighted by atomic mass is 15.2. The van der Waals surface area contributed by atoms with E-state index in [1.165, 1.54) is 54.0 Å². The second-order valence-corrected chi connectivity index (χ2v) is 5.52. The summed E-state index contributed by atoms with van der Waals surface area (Å²) >= 11 is 0. The van der Waals surface area contributed by atoms with Crippen molar-refractivity contribution in [3.8, 4) is 0 Å². The predicted octanol–water partition coefficient (Wildman–Crippen LogP) is 3.65. The van der Waals surface area contributed by atoms with E-state index < -0.39 is 0 Å². The molecule has 0 spiro atoms. The van der Waals surface area contributed by atoms with Gasteiger partial charge in [-0.25, -0.2) is 4.98 Å². The van der Waals surface area contributed by atoms with Crippen molar-refractivity contribution in [2.45, 2.75) is 32.1 Å². The molecule has 0 bridgehead atoms. The molecule has 1 aliphatic heterocycles. The number of aryl methyl sites for hydroxylation is 3. The molecule has 2 aromatic rings. The smallest absolute Gasteiger partial charge is 0.136 e. The summed E-state index contributed by atoms with van der Waals surface area (Å²) in [5.74, 6) is 1.21. The highest BCUT2D eigenvalue weighted by molar-refractivity contribution is 5.65. The van der Waals surface area contributed by atoms with Gasteiger partial charge in [-0.05, 0) is 55.4 Å². The number of hydrogen-bond acceptors (Lipinski definition) is 2. The van der Waals surface area contributed by atoms with Gasteiger partial charge in [0.15, 0.2) is 0 Å². The predicted molar refractivity (Wildman–Crippen MR) is 78.0 cm³/mol. The summed E-state index contributed by atoms with van der Waals surface area (Å²) in [6.45, 7) is 1.09. The molecule has 0 radical (unpaired) electrons. The lowest BCUT2D eigenvalue weighted by molar-refractivity contribution is 0.748. The van der Waals surface area contributed by atoms with Crippen molar-refractivity contribution >= 4 is 11.5 Å². The van der Waals surface area contributed by atoms with E-state index in [9.17, 15) is 0 Å². The lowest BCUT2D eigenvalue weighted by atomic mass is 10.0. The number of para-hydroxylation sites is 1. The third kappa shape index (κ3) is 1.83. The fourth-order valence-corrected chi connectivity index (χ4v) is 3.32. The lowest BCUT2D eigenvalue weighted by Gasteiger charge is -2.30. The fraction of sp³-hybridized carbons (Fsp3) is 0.353. The van der Waals surface area contributed by atoms with Crippen molar-refractivity contribution in [2.24, 2.45) is 0 Å². The zero-order valence-electron chi connectivity index (χ0n) is 11.1. The standard InChI is InChI=1S/C17H18N2/c1-2-8-15(9-3-1)19-11-5-7-14-12-13-6-4-10-16(13)18-17(14)19/h1-3,8-9,12H,4-7,10-11H2. The molecule has 2 nitrogen and oxygen atoms in total. The minimum Gasteiger partial charge on any atom is -0.326 e. The average Bonchev–Trinajstić information content (AvgIpc) is 2.92. The quantitative estimate of drug-likeness (QED) is 0.768. The van der Waals surface area contributed by atoms with Gasteiger partial charge in [0.25, 0.3) is 0 Å². The van der Waals surface area contributed by atoms with E-state index in [1.54, 1.807) is 0 Å². The Morgan fingerprint density at radius 2 is 1.74 bits per heavy atom. The number of nitrogens with zero attached hydrogens (tertiary/aromatic N) is 2. The molecule has 0 saturated carbocycles. The molecule has 1 aromatic heterocycles. The molecular weight excluding hydrogens is 232 g/mol. The number of pyridine rings is 1. The zero-order chi connectivity index (χ0) is 12.7. The molecule has 19 heavy (non-hydrogen) atoms. The second kappa shape index (κ2) is 4.37. The van der Waals surface area contributed by atoms with Gasteiger partial charge in [0.05, 0.1) is 0 Å². The van der Waals surface area contributed by atoms with Crippen LogP contribution in [0.4, 0.5) is 11.5 Å². The average molecular weight is 250 g/mol. The van der Waals surface area contributed by atoms with Crippen LogP contribution >= 0.6 is 0 Å². The summed E-state index contributed by atoms with van der Waals surface area (Å²) in [6.07, 6.45) is 6.06. The van der Waals surface area contributed by atoms with E-state index in [0.717, 1.165) is 13.0 Å². The van der Waals surface area contributed by atoms with Crippen LogP contribution in [0.25, 0.3) is 0 Å². The maximum Gasteiger partial charge on any atom is 0.136 e. The van der Waals surface area contributed by atoms with E-state index in [1.807, 2.05) is 0 Å². The van der Waals surface area contributed by atoms with Gasteiger partial charge in [-0.2, -0.15) is 0 Å². The molecule has 1 aromatic carbocycles. The van der Waals surface area contributed by atoms with Crippen molar-refractivity contribution in [1.29, 1.82) is 0 Å². The van der Waals surface area contributed by atoms with Crippen LogP contribution in [0.2, 0.25) is 0 Å². The van der Waals surface area contributed by atoms with Gasteiger partial charge in [0, 0.05) is 17.9 Å². The molecule has 2 aliphatic rings. The Labute approximate surface area is 114 Å². The monoisotopic (exact) mass is 250 g/mol. The molecular formula is C17H18N2. The summed E-state index contributed by atoms with van der Waals surface area (Å²) in [6, 6.07) is 13.1. The van der Waals surface area contributed by atoms with Gasteiger partial charge in [0.2, 0.25) is 0 Å². The first-order valence-electron chi connectivity index (χ1n) is 7.26. The third-order valence-corrected chi connectivity index (χ3v) is 4.26. The number of benzene rings is 1. The molecule has 2 heterocycles. The van der Waals surface area contributed by atoms with E-state index in [2.05, 4.69) is 41.3 Å². The van der Waals surface area contributed by atoms with Crippen molar-refractivity contribution in [3.63, 3.8) is 0 Å². The first kappa shape index (κ1) is 11.0. The topological polar surface area (TPSA) is 16.1 Å². The molecule has 96 valence electrons. The molecule has 4 rings (SSSR count). The lowest BCUT2D eigenvalue weighted by Crippen LogP contribution is -2.26. The largest absolute Gasteiger partial charge is 0.326 e. The Morgan fingerprint density at radius 1 is 0.895 bits per heavy atom. The number of rotatable bonds is 1. The molecule has 0 atom stereocenters. The first-order chi connectivity index (χ1) is 9.42. The Kier molecular flexibility index (Phi) is 2.54. The van der Waals surface area contributed by atoms with Gasteiger partial charge in [-0.3, -0.25) is 0 Å². The van der Waals surface area contributed by atoms with E-state index in [-0.39, 0.29) is 0 Å². The van der Waals surface area contributed by atoms with Crippen LogP contribution in [0, 0.1) is 0 Å². The van der Waals surface area contributed by atoms with E-state index in [4.69, 9.17) is 4.98 Å². The van der Waals surface area contributed by atoms with E-state index >= 15 is 0 Å². The maximum absolute atomic E-state index is 4.98. The zero-order valence-corrected chi connectivity index (χ0v) is 11.1. The highest BCUT2D eigenvalue weighted by Gasteiger charge is 2.23. The third-order valence-electron chi connectivity index (χ3n) is 4.26.